The predicted octanol–water partition coefficient (Wildman–Crippen LogP) is 1.06. The van der Waals surface area contributed by atoms with Crippen LogP contribution in [0.2, 0.25) is 0 Å². The van der Waals surface area contributed by atoms with Gasteiger partial charge < -0.3 is 5.32 Å². The first-order chi connectivity index (χ1) is 8.07. The first kappa shape index (κ1) is 12.5. The van der Waals surface area contributed by atoms with Crippen LogP contribution in [0.15, 0.2) is 18.5 Å². The number of nitrogens with one attached hydrogen (secondary N) is 1. The van der Waals surface area contributed by atoms with Crippen molar-refractivity contribution in [2.24, 2.45) is 0 Å². The molecule has 1 aromatic rings. The van der Waals surface area contributed by atoms with Crippen LogP contribution in [0.3, 0.4) is 0 Å². The van der Waals surface area contributed by atoms with Gasteiger partial charge >= 0.3 is 0 Å². The number of hydrogen-bond donors (Lipinski definition) is 1. The van der Waals surface area contributed by atoms with E-state index in [9.17, 15) is 8.42 Å². The zero-order chi connectivity index (χ0) is 12.3. The number of nitrogens with zero attached hydrogens (tertiary/aromatic N) is 1. The van der Waals surface area contributed by atoms with Gasteiger partial charge in [-0.3, -0.25) is 4.98 Å². The van der Waals surface area contributed by atoms with E-state index in [0.717, 1.165) is 19.4 Å². The van der Waals surface area contributed by atoms with Crippen LogP contribution in [-0.4, -0.2) is 30.9 Å². The Hall–Kier alpha value is -0.940. The van der Waals surface area contributed by atoms with Crippen LogP contribution in [0.4, 0.5) is 0 Å². The molecule has 1 N–H and O–H groups in total. The lowest BCUT2D eigenvalue weighted by molar-refractivity contribution is 0.462. The van der Waals surface area contributed by atoms with E-state index in [4.69, 9.17) is 0 Å². The van der Waals surface area contributed by atoms with Crippen LogP contribution in [0.5, 0.6) is 0 Å². The van der Waals surface area contributed by atoms with Crippen molar-refractivity contribution >= 4 is 9.84 Å². The summed E-state index contributed by atoms with van der Waals surface area (Å²) in [6, 6.07) is 2.31. The molecule has 1 fully saturated rings. The number of rotatable bonds is 3. The van der Waals surface area contributed by atoms with E-state index in [0.29, 0.717) is 17.5 Å². The van der Waals surface area contributed by atoms with Crippen LogP contribution in [-0.2, 0) is 16.4 Å². The molecule has 1 saturated heterocycles. The first-order valence-electron chi connectivity index (χ1n) is 5.90. The lowest BCUT2D eigenvalue weighted by atomic mass is 10.1. The van der Waals surface area contributed by atoms with Crippen molar-refractivity contribution in [3.8, 4) is 0 Å². The average molecular weight is 254 g/mol. The summed E-state index contributed by atoms with van der Waals surface area (Å²) < 4.78 is 22.6. The van der Waals surface area contributed by atoms with Crippen molar-refractivity contribution in [3.63, 3.8) is 0 Å². The van der Waals surface area contributed by atoms with Crippen LogP contribution in [0, 0.1) is 6.92 Å². The van der Waals surface area contributed by atoms with Crippen molar-refractivity contribution < 1.29 is 8.42 Å². The fourth-order valence-corrected chi connectivity index (χ4v) is 3.52. The molecular weight excluding hydrogens is 236 g/mol. The molecule has 0 bridgehead atoms. The summed E-state index contributed by atoms with van der Waals surface area (Å²) in [6.45, 7) is 2.83. The quantitative estimate of drug-likeness (QED) is 0.876. The maximum atomic E-state index is 11.3. The molecule has 0 unspecified atom stereocenters. The van der Waals surface area contributed by atoms with Crippen molar-refractivity contribution in [1.82, 2.24) is 10.3 Å². The molecule has 94 valence electrons. The minimum Gasteiger partial charge on any atom is -0.310 e. The molecule has 0 radical (unpaired) electrons. The second-order valence-electron chi connectivity index (χ2n) is 4.61. The lowest BCUT2D eigenvalue weighted by Crippen LogP contribution is -2.37. The smallest absolute Gasteiger partial charge is 0.150 e. The summed E-state index contributed by atoms with van der Waals surface area (Å²) in [5, 5.41) is 3.41. The van der Waals surface area contributed by atoms with Gasteiger partial charge in [-0.1, -0.05) is 0 Å². The van der Waals surface area contributed by atoms with Gasteiger partial charge in [0.25, 0.3) is 0 Å². The molecule has 5 heteroatoms. The van der Waals surface area contributed by atoms with E-state index in [1.54, 1.807) is 6.20 Å². The Kier molecular flexibility index (Phi) is 3.79. The van der Waals surface area contributed by atoms with Crippen LogP contribution in [0.1, 0.15) is 24.0 Å². The number of hydrogen-bond acceptors (Lipinski definition) is 4. The molecule has 0 atom stereocenters. The van der Waals surface area contributed by atoms with Crippen LogP contribution in [0.25, 0.3) is 0 Å². The van der Waals surface area contributed by atoms with Gasteiger partial charge in [0.15, 0.2) is 0 Å². The summed E-state index contributed by atoms with van der Waals surface area (Å²) in [4.78, 5) is 4.10. The van der Waals surface area contributed by atoms with Gasteiger partial charge in [0.2, 0.25) is 0 Å². The Morgan fingerprint density at radius 3 is 2.76 bits per heavy atom. The maximum absolute atomic E-state index is 11.3. The Morgan fingerprint density at radius 1 is 1.41 bits per heavy atom. The zero-order valence-corrected chi connectivity index (χ0v) is 10.8. The highest BCUT2D eigenvalue weighted by Gasteiger charge is 2.22. The van der Waals surface area contributed by atoms with Gasteiger partial charge in [-0.05, 0) is 37.0 Å². The Morgan fingerprint density at radius 2 is 2.12 bits per heavy atom. The second kappa shape index (κ2) is 5.14. The number of sulfone groups is 1. The third kappa shape index (κ3) is 3.51. The molecule has 0 saturated carbocycles. The van der Waals surface area contributed by atoms with Gasteiger partial charge in [0.05, 0.1) is 11.5 Å². The Bertz CT molecular complexity index is 471. The Labute approximate surface area is 102 Å². The van der Waals surface area contributed by atoms with E-state index in [2.05, 4.69) is 17.2 Å². The largest absolute Gasteiger partial charge is 0.310 e. The molecule has 0 spiro atoms. The molecule has 17 heavy (non-hydrogen) atoms. The first-order valence-corrected chi connectivity index (χ1v) is 7.72. The van der Waals surface area contributed by atoms with Gasteiger partial charge in [0, 0.05) is 25.0 Å². The summed E-state index contributed by atoms with van der Waals surface area (Å²) in [5.74, 6) is 0.632. The van der Waals surface area contributed by atoms with Crippen molar-refractivity contribution in [3.05, 3.63) is 29.6 Å². The monoisotopic (exact) mass is 254 g/mol. The summed E-state index contributed by atoms with van der Waals surface area (Å²) in [5.41, 5.74) is 2.40. The highest BCUT2D eigenvalue weighted by Crippen LogP contribution is 2.13. The summed E-state index contributed by atoms with van der Waals surface area (Å²) in [7, 11) is -2.76. The third-order valence-electron chi connectivity index (χ3n) is 3.28. The molecular formula is C12H18N2O2S. The molecule has 2 heterocycles. The molecule has 0 amide bonds. The van der Waals surface area contributed by atoms with Crippen molar-refractivity contribution in [2.45, 2.75) is 32.4 Å². The van der Waals surface area contributed by atoms with Crippen molar-refractivity contribution in [2.75, 3.05) is 11.5 Å². The summed E-state index contributed by atoms with van der Waals surface area (Å²) >= 11 is 0. The fraction of sp³-hybridized carbons (Fsp3) is 0.583. The molecule has 0 aromatic carbocycles. The van der Waals surface area contributed by atoms with E-state index >= 15 is 0 Å². The Balaban J connectivity index is 1.86. The van der Waals surface area contributed by atoms with E-state index in [-0.39, 0.29) is 0 Å². The second-order valence-corrected chi connectivity index (χ2v) is 6.91. The molecule has 0 aliphatic carbocycles. The fourth-order valence-electron chi connectivity index (χ4n) is 2.03. The molecule has 1 aliphatic heterocycles. The van der Waals surface area contributed by atoms with Crippen LogP contribution >= 0.6 is 0 Å². The third-order valence-corrected chi connectivity index (χ3v) is 5.00. The van der Waals surface area contributed by atoms with Crippen LogP contribution < -0.4 is 5.32 Å². The van der Waals surface area contributed by atoms with Crippen molar-refractivity contribution in [1.29, 1.82) is 0 Å². The molecule has 2 rings (SSSR count). The molecule has 1 aromatic heterocycles. The normalized spacial score (nSPS) is 20.3. The van der Waals surface area contributed by atoms with E-state index < -0.39 is 9.84 Å². The van der Waals surface area contributed by atoms with E-state index in [1.165, 1.54) is 11.1 Å². The molecule has 1 aliphatic rings. The SMILES string of the molecule is Cc1ccncc1CNC1CCS(=O)(=O)CC1. The minimum absolute atomic E-state index is 0.316. The predicted molar refractivity (Wildman–Crippen MR) is 67.5 cm³/mol. The topological polar surface area (TPSA) is 59.1 Å². The minimum atomic E-state index is -2.76. The average Bonchev–Trinajstić information content (AvgIpc) is 2.30. The zero-order valence-electron chi connectivity index (χ0n) is 10.0. The van der Waals surface area contributed by atoms with Gasteiger partial charge in [-0.2, -0.15) is 0 Å². The van der Waals surface area contributed by atoms with Gasteiger partial charge in [0.1, 0.15) is 9.84 Å². The number of aryl methyl sites for hydroxylation is 1. The highest BCUT2D eigenvalue weighted by molar-refractivity contribution is 7.91. The summed E-state index contributed by atoms with van der Waals surface area (Å²) in [6.07, 6.45) is 5.09. The maximum Gasteiger partial charge on any atom is 0.150 e. The van der Waals surface area contributed by atoms with Gasteiger partial charge in [-0.25, -0.2) is 8.42 Å². The molecule has 4 nitrogen and oxygen atoms in total. The van der Waals surface area contributed by atoms with E-state index in [1.807, 2.05) is 12.3 Å². The highest BCUT2D eigenvalue weighted by atomic mass is 32.2. The van der Waals surface area contributed by atoms with Gasteiger partial charge in [-0.15, -0.1) is 0 Å². The lowest BCUT2D eigenvalue weighted by Gasteiger charge is -2.23. The number of aromatic nitrogens is 1. The number of pyridine rings is 1. The standard InChI is InChI=1S/C12H18N2O2S/c1-10-2-5-13-8-11(10)9-14-12-3-6-17(15,16)7-4-12/h2,5,8,12,14H,3-4,6-7,9H2,1H3.